The molecule has 0 spiro atoms. The van der Waals surface area contributed by atoms with E-state index in [1.165, 1.54) is 44.1 Å². The monoisotopic (exact) mass is 574 g/mol. The Balaban J connectivity index is 1.30. The van der Waals surface area contributed by atoms with Gasteiger partial charge in [-0.25, -0.2) is 15.0 Å². The van der Waals surface area contributed by atoms with E-state index in [2.05, 4.69) is 92.7 Å². The first kappa shape index (κ1) is 28.2. The van der Waals surface area contributed by atoms with E-state index < -0.39 is 0 Å². The lowest BCUT2D eigenvalue weighted by molar-refractivity contribution is 0.0702. The molecular weight excluding hydrogens is 536 g/mol. The summed E-state index contributed by atoms with van der Waals surface area (Å²) in [6.45, 7) is 4.81. The van der Waals surface area contributed by atoms with Crippen LogP contribution >= 0.6 is 0 Å². The van der Waals surface area contributed by atoms with E-state index >= 15 is 0 Å². The number of benzene rings is 4. The molecular formula is C40H38N4. The summed E-state index contributed by atoms with van der Waals surface area (Å²) in [5, 5.41) is 9.55. The number of nitrogens with zero attached hydrogens (tertiary/aromatic N) is 4. The Morgan fingerprint density at radius 1 is 0.659 bits per heavy atom. The van der Waals surface area contributed by atoms with Gasteiger partial charge in [0.2, 0.25) is 0 Å². The molecule has 2 saturated carbocycles. The highest BCUT2D eigenvalue weighted by molar-refractivity contribution is 5.72. The topological polar surface area (TPSA) is 62.5 Å². The lowest BCUT2D eigenvalue weighted by Gasteiger charge is -2.51. The molecule has 2 aliphatic rings. The highest BCUT2D eigenvalue weighted by atomic mass is 15.0. The molecule has 4 atom stereocenters. The zero-order chi connectivity index (χ0) is 30.1. The molecule has 2 fully saturated rings. The number of rotatable bonds is 6. The standard InChI is InChI=1S/C40H38N4/c1-3-28-20-30-19-27(2)23-40(24-28,25-30)36-17-15-32(16-18-36)37-42-38(34-13-7-9-29(21-34)26-41)44-39(43-37)35-14-8-12-33(22-35)31-10-5-4-6-11-31/h4-18,21-22,27-28,30H,3,19-20,23-25H2,1-2H3/t27-,28+,30-,40?/m0/s1. The van der Waals surface area contributed by atoms with Crippen molar-refractivity contribution >= 4 is 0 Å². The fourth-order valence-corrected chi connectivity index (χ4v) is 8.09. The first-order valence-corrected chi connectivity index (χ1v) is 16.1. The maximum atomic E-state index is 9.55. The zero-order valence-electron chi connectivity index (χ0n) is 25.6. The Kier molecular flexibility index (Phi) is 7.56. The Hall–Kier alpha value is -4.62. The summed E-state index contributed by atoms with van der Waals surface area (Å²) in [5.74, 6) is 4.28. The number of nitriles is 1. The third-order valence-corrected chi connectivity index (χ3v) is 9.95. The molecule has 4 nitrogen and oxygen atoms in total. The molecule has 2 bridgehead atoms. The SMILES string of the molecule is CC[C@@H]1C[C@@H]2C[C@H](C)CC(c3ccc(-c4nc(-c5cccc(C#N)c5)nc(-c5cccc(-c6ccccc6)c5)n4)cc3)(C1)C2. The molecule has 5 aromatic rings. The van der Waals surface area contributed by atoms with Crippen LogP contribution in [-0.4, -0.2) is 15.0 Å². The molecule has 1 unspecified atom stereocenters. The molecule has 4 aromatic carbocycles. The van der Waals surface area contributed by atoms with Gasteiger partial charge in [0, 0.05) is 16.7 Å². The first-order valence-electron chi connectivity index (χ1n) is 16.1. The minimum absolute atomic E-state index is 0.283. The van der Waals surface area contributed by atoms with Crippen LogP contribution in [0.1, 0.15) is 63.5 Å². The first-order chi connectivity index (χ1) is 21.5. The summed E-state index contributed by atoms with van der Waals surface area (Å²) < 4.78 is 0. The molecule has 1 aromatic heterocycles. The maximum Gasteiger partial charge on any atom is 0.164 e. The van der Waals surface area contributed by atoms with Gasteiger partial charge in [0.05, 0.1) is 11.6 Å². The van der Waals surface area contributed by atoms with Crippen molar-refractivity contribution in [2.75, 3.05) is 0 Å². The van der Waals surface area contributed by atoms with Gasteiger partial charge in [-0.15, -0.1) is 0 Å². The Morgan fingerprint density at radius 2 is 1.30 bits per heavy atom. The molecule has 4 heteroatoms. The van der Waals surface area contributed by atoms with Gasteiger partial charge in [0.15, 0.2) is 17.5 Å². The van der Waals surface area contributed by atoms with E-state index in [0.717, 1.165) is 45.6 Å². The van der Waals surface area contributed by atoms with Gasteiger partial charge in [0.25, 0.3) is 0 Å². The van der Waals surface area contributed by atoms with Crippen molar-refractivity contribution in [3.63, 3.8) is 0 Å². The van der Waals surface area contributed by atoms with E-state index in [0.29, 0.717) is 23.0 Å². The molecule has 218 valence electrons. The Bertz CT molecular complexity index is 1820. The second-order valence-corrected chi connectivity index (χ2v) is 13.1. The molecule has 2 aliphatic carbocycles. The van der Waals surface area contributed by atoms with E-state index in [-0.39, 0.29) is 5.41 Å². The molecule has 7 rings (SSSR count). The molecule has 0 N–H and O–H groups in total. The lowest BCUT2D eigenvalue weighted by atomic mass is 9.54. The molecule has 0 saturated heterocycles. The number of hydrogen-bond acceptors (Lipinski definition) is 4. The van der Waals surface area contributed by atoms with Gasteiger partial charge in [-0.1, -0.05) is 105 Å². The second-order valence-electron chi connectivity index (χ2n) is 13.1. The summed E-state index contributed by atoms with van der Waals surface area (Å²) >= 11 is 0. The van der Waals surface area contributed by atoms with Crippen molar-refractivity contribution in [3.8, 4) is 51.4 Å². The van der Waals surface area contributed by atoms with Gasteiger partial charge < -0.3 is 0 Å². The smallest absolute Gasteiger partial charge is 0.164 e. The average molecular weight is 575 g/mol. The fourth-order valence-electron chi connectivity index (χ4n) is 8.09. The average Bonchev–Trinajstić information content (AvgIpc) is 3.08. The van der Waals surface area contributed by atoms with Crippen molar-refractivity contribution < 1.29 is 0 Å². The van der Waals surface area contributed by atoms with Crippen LogP contribution < -0.4 is 0 Å². The van der Waals surface area contributed by atoms with E-state index in [4.69, 9.17) is 15.0 Å². The Labute approximate surface area is 260 Å². The van der Waals surface area contributed by atoms with Gasteiger partial charge in [-0.05, 0) is 90.2 Å². The zero-order valence-corrected chi connectivity index (χ0v) is 25.6. The van der Waals surface area contributed by atoms with Gasteiger partial charge in [-0.3, -0.25) is 0 Å². The van der Waals surface area contributed by atoms with Gasteiger partial charge >= 0.3 is 0 Å². The molecule has 44 heavy (non-hydrogen) atoms. The molecule has 0 aliphatic heterocycles. The number of hydrogen-bond donors (Lipinski definition) is 0. The van der Waals surface area contributed by atoms with Gasteiger partial charge in [-0.2, -0.15) is 5.26 Å². The van der Waals surface area contributed by atoms with E-state index in [1.807, 2.05) is 24.3 Å². The van der Waals surface area contributed by atoms with Crippen LogP contribution in [0.25, 0.3) is 45.3 Å². The highest BCUT2D eigenvalue weighted by Gasteiger charge is 2.45. The Morgan fingerprint density at radius 3 is 2.00 bits per heavy atom. The van der Waals surface area contributed by atoms with Crippen LogP contribution in [0.4, 0.5) is 0 Å². The van der Waals surface area contributed by atoms with Crippen molar-refractivity contribution in [1.29, 1.82) is 5.26 Å². The predicted octanol–water partition coefficient (Wildman–Crippen LogP) is 9.91. The van der Waals surface area contributed by atoms with Crippen LogP contribution in [-0.2, 0) is 5.41 Å². The molecule has 0 radical (unpaired) electrons. The van der Waals surface area contributed by atoms with Crippen LogP contribution in [0.2, 0.25) is 0 Å². The van der Waals surface area contributed by atoms with Crippen LogP contribution in [0, 0.1) is 29.1 Å². The van der Waals surface area contributed by atoms with Crippen molar-refractivity contribution in [2.45, 2.75) is 57.8 Å². The normalized spacial score (nSPS) is 22.7. The maximum absolute atomic E-state index is 9.55. The number of fused-ring (bicyclic) bond motifs is 2. The summed E-state index contributed by atoms with van der Waals surface area (Å²) in [6.07, 6.45) is 7.96. The van der Waals surface area contributed by atoms with Crippen molar-refractivity contribution in [3.05, 3.63) is 114 Å². The third kappa shape index (κ3) is 5.55. The summed E-state index contributed by atoms with van der Waals surface area (Å²) in [6, 6.07) is 37.6. The third-order valence-electron chi connectivity index (χ3n) is 9.95. The minimum atomic E-state index is 0.283. The predicted molar refractivity (Wildman–Crippen MR) is 177 cm³/mol. The van der Waals surface area contributed by atoms with Crippen LogP contribution in [0.3, 0.4) is 0 Å². The highest BCUT2D eigenvalue weighted by Crippen LogP contribution is 2.54. The lowest BCUT2D eigenvalue weighted by Crippen LogP contribution is -2.42. The van der Waals surface area contributed by atoms with Gasteiger partial charge in [0.1, 0.15) is 0 Å². The van der Waals surface area contributed by atoms with Crippen LogP contribution in [0.15, 0.2) is 103 Å². The number of aromatic nitrogens is 3. The second kappa shape index (κ2) is 11.8. The van der Waals surface area contributed by atoms with Crippen molar-refractivity contribution in [1.82, 2.24) is 15.0 Å². The van der Waals surface area contributed by atoms with E-state index in [1.54, 1.807) is 6.07 Å². The van der Waals surface area contributed by atoms with Crippen LogP contribution in [0.5, 0.6) is 0 Å². The van der Waals surface area contributed by atoms with Crippen molar-refractivity contribution in [2.24, 2.45) is 17.8 Å². The quantitative estimate of drug-likeness (QED) is 0.202. The summed E-state index contributed by atoms with van der Waals surface area (Å²) in [7, 11) is 0. The largest absolute Gasteiger partial charge is 0.208 e. The van der Waals surface area contributed by atoms with E-state index in [9.17, 15) is 5.26 Å². The fraction of sp³-hybridized carbons (Fsp3) is 0.300. The minimum Gasteiger partial charge on any atom is -0.208 e. The summed E-state index contributed by atoms with van der Waals surface area (Å²) in [4.78, 5) is 14.9. The summed E-state index contributed by atoms with van der Waals surface area (Å²) in [5.41, 5.74) is 7.31. The molecule has 0 amide bonds. The molecule has 1 heterocycles.